The molecule has 0 unspecified atom stereocenters. The zero-order chi connectivity index (χ0) is 16.3. The Hall–Kier alpha value is -2.16. The average Bonchev–Trinajstić information content (AvgIpc) is 2.86. The summed E-state index contributed by atoms with van der Waals surface area (Å²) in [4.78, 5) is 31.5. The number of amides is 3. The van der Waals surface area contributed by atoms with Gasteiger partial charge in [-0.2, -0.15) is 4.98 Å². The number of nitrogens with zero attached hydrogens (tertiary/aromatic N) is 4. The number of rotatable bonds is 4. The molecule has 2 aromatic rings. The van der Waals surface area contributed by atoms with Gasteiger partial charge < -0.3 is 5.32 Å². The van der Waals surface area contributed by atoms with Crippen LogP contribution in [0.2, 0.25) is 0 Å². The van der Waals surface area contributed by atoms with Crippen LogP contribution in [0.4, 0.5) is 4.79 Å². The minimum Gasteiger partial charge on any atom is -0.338 e. The van der Waals surface area contributed by atoms with E-state index < -0.39 is 11.9 Å². The molecular weight excluding hydrogens is 304 g/mol. The van der Waals surface area contributed by atoms with Crippen LogP contribution >= 0.6 is 11.8 Å². The molecule has 0 aliphatic heterocycles. The lowest BCUT2D eigenvalue weighted by Crippen LogP contribution is -2.40. The Morgan fingerprint density at radius 1 is 1.23 bits per heavy atom. The number of hydrogen-bond acceptors (Lipinski definition) is 6. The topological polar surface area (TPSA) is 101 Å². The van der Waals surface area contributed by atoms with Gasteiger partial charge in [0.25, 0.3) is 5.78 Å². The summed E-state index contributed by atoms with van der Waals surface area (Å²) in [5, 5.41) is 9.49. The number of carbonyl (C=O) groups is 2. The quantitative estimate of drug-likeness (QED) is 0.814. The molecular formula is C13H18N6O2S. The molecule has 0 radical (unpaired) electrons. The van der Waals surface area contributed by atoms with Crippen LogP contribution in [0.3, 0.4) is 0 Å². The van der Waals surface area contributed by atoms with E-state index in [1.54, 1.807) is 11.4 Å². The van der Waals surface area contributed by atoms with Gasteiger partial charge in [-0.3, -0.25) is 10.1 Å². The number of fused-ring (bicyclic) bond motifs is 1. The molecule has 0 aliphatic rings. The molecule has 0 saturated heterocycles. The molecule has 8 nitrogen and oxygen atoms in total. The highest BCUT2D eigenvalue weighted by molar-refractivity contribution is 7.99. The van der Waals surface area contributed by atoms with E-state index in [0.29, 0.717) is 17.5 Å². The Balaban J connectivity index is 2.05. The molecule has 2 aromatic heterocycles. The number of thioether (sulfide) groups is 1. The summed E-state index contributed by atoms with van der Waals surface area (Å²) in [5.41, 5.74) is 2.93. The second-order valence-electron chi connectivity index (χ2n) is 4.71. The van der Waals surface area contributed by atoms with Gasteiger partial charge >= 0.3 is 6.03 Å². The Morgan fingerprint density at radius 3 is 2.64 bits per heavy atom. The fraction of sp³-hybridized carbons (Fsp3) is 0.462. The van der Waals surface area contributed by atoms with Crippen LogP contribution in [0.15, 0.2) is 5.16 Å². The number of aryl methyl sites for hydroxylation is 2. The van der Waals surface area contributed by atoms with Gasteiger partial charge in [-0.05, 0) is 33.3 Å². The van der Waals surface area contributed by atoms with Crippen molar-refractivity contribution in [1.82, 2.24) is 30.2 Å². The number of carbonyl (C=O) groups excluding carboxylic acids is 2. The summed E-state index contributed by atoms with van der Waals surface area (Å²) in [6.07, 6.45) is 0. The maximum atomic E-state index is 11.6. The second-order valence-corrected chi connectivity index (χ2v) is 5.65. The lowest BCUT2D eigenvalue weighted by atomic mass is 10.2. The summed E-state index contributed by atoms with van der Waals surface area (Å²) >= 11 is 1.16. The van der Waals surface area contributed by atoms with Crippen LogP contribution in [0.25, 0.3) is 5.78 Å². The molecule has 0 atom stereocenters. The first kappa shape index (κ1) is 16.2. The van der Waals surface area contributed by atoms with Crippen LogP contribution in [0.5, 0.6) is 0 Å². The van der Waals surface area contributed by atoms with E-state index >= 15 is 0 Å². The first-order chi connectivity index (χ1) is 10.4. The van der Waals surface area contributed by atoms with Gasteiger partial charge in [0.05, 0.1) is 5.75 Å². The molecule has 2 rings (SSSR count). The first-order valence-electron chi connectivity index (χ1n) is 6.83. The number of hydrogen-bond donors (Lipinski definition) is 2. The fourth-order valence-corrected chi connectivity index (χ4v) is 2.41. The summed E-state index contributed by atoms with van der Waals surface area (Å²) in [5.74, 6) is 0.171. The van der Waals surface area contributed by atoms with Crippen molar-refractivity contribution in [3.05, 3.63) is 17.0 Å². The zero-order valence-electron chi connectivity index (χ0n) is 12.9. The molecule has 0 saturated carbocycles. The minimum absolute atomic E-state index is 0.0605. The van der Waals surface area contributed by atoms with Gasteiger partial charge in [-0.1, -0.05) is 11.8 Å². The SMILES string of the molecule is CCNC(=O)NC(=O)CSc1nc2nc(C)c(C)c(C)n2n1. The Morgan fingerprint density at radius 2 is 1.95 bits per heavy atom. The normalized spacial score (nSPS) is 10.7. The van der Waals surface area contributed by atoms with Gasteiger partial charge in [0.1, 0.15) is 0 Å². The molecule has 3 amide bonds. The number of aromatic nitrogens is 4. The lowest BCUT2D eigenvalue weighted by molar-refractivity contribution is -0.117. The summed E-state index contributed by atoms with van der Waals surface area (Å²) < 4.78 is 1.66. The molecule has 22 heavy (non-hydrogen) atoms. The van der Waals surface area contributed by atoms with E-state index in [-0.39, 0.29) is 5.75 Å². The molecule has 0 spiro atoms. The third kappa shape index (κ3) is 3.53. The van der Waals surface area contributed by atoms with Crippen molar-refractivity contribution >= 4 is 29.5 Å². The molecule has 0 fully saturated rings. The fourth-order valence-electron chi connectivity index (χ4n) is 1.80. The van der Waals surface area contributed by atoms with Crippen molar-refractivity contribution < 1.29 is 9.59 Å². The van der Waals surface area contributed by atoms with Crippen molar-refractivity contribution in [3.8, 4) is 0 Å². The monoisotopic (exact) mass is 322 g/mol. The molecule has 2 N–H and O–H groups in total. The Bertz CT molecular complexity index is 727. The summed E-state index contributed by atoms with van der Waals surface area (Å²) in [6.45, 7) is 8.08. The van der Waals surface area contributed by atoms with Crippen LogP contribution in [-0.2, 0) is 4.79 Å². The second kappa shape index (κ2) is 6.73. The van der Waals surface area contributed by atoms with Crippen molar-refractivity contribution in [2.45, 2.75) is 32.9 Å². The minimum atomic E-state index is -0.500. The Kier molecular flexibility index (Phi) is 4.96. The van der Waals surface area contributed by atoms with Gasteiger partial charge in [-0.15, -0.1) is 5.10 Å². The third-order valence-electron chi connectivity index (χ3n) is 3.16. The number of nitrogens with one attached hydrogen (secondary N) is 2. The van der Waals surface area contributed by atoms with E-state index in [2.05, 4.69) is 25.7 Å². The van der Waals surface area contributed by atoms with E-state index in [1.165, 1.54) is 0 Å². The van der Waals surface area contributed by atoms with Crippen molar-refractivity contribution in [2.75, 3.05) is 12.3 Å². The predicted molar refractivity (Wildman–Crippen MR) is 82.9 cm³/mol. The molecule has 2 heterocycles. The van der Waals surface area contributed by atoms with E-state index in [9.17, 15) is 9.59 Å². The largest absolute Gasteiger partial charge is 0.338 e. The van der Waals surface area contributed by atoms with E-state index in [4.69, 9.17) is 0 Å². The van der Waals surface area contributed by atoms with Crippen molar-refractivity contribution in [2.24, 2.45) is 0 Å². The standard InChI is InChI=1S/C13H18N6O2S/c1-5-14-12(21)16-10(20)6-22-13-17-11-15-8(3)7(2)9(4)19(11)18-13/h5-6H2,1-4H3,(H2,14,16,20,21). The van der Waals surface area contributed by atoms with Crippen LogP contribution in [-0.4, -0.2) is 43.8 Å². The first-order valence-corrected chi connectivity index (χ1v) is 7.82. The van der Waals surface area contributed by atoms with Crippen LogP contribution in [0, 0.1) is 20.8 Å². The van der Waals surface area contributed by atoms with Gasteiger partial charge in [0.15, 0.2) is 0 Å². The molecule has 118 valence electrons. The predicted octanol–water partition coefficient (Wildman–Crippen LogP) is 0.987. The number of urea groups is 1. The van der Waals surface area contributed by atoms with Crippen molar-refractivity contribution in [1.29, 1.82) is 0 Å². The van der Waals surface area contributed by atoms with E-state index in [1.807, 2.05) is 20.8 Å². The number of imide groups is 1. The highest BCUT2D eigenvalue weighted by Gasteiger charge is 2.13. The van der Waals surface area contributed by atoms with E-state index in [0.717, 1.165) is 28.7 Å². The molecule has 9 heteroatoms. The van der Waals surface area contributed by atoms with Crippen LogP contribution in [0.1, 0.15) is 23.9 Å². The highest BCUT2D eigenvalue weighted by Crippen LogP contribution is 2.17. The summed E-state index contributed by atoms with van der Waals surface area (Å²) in [7, 11) is 0. The lowest BCUT2D eigenvalue weighted by Gasteiger charge is -2.04. The van der Waals surface area contributed by atoms with Crippen molar-refractivity contribution in [3.63, 3.8) is 0 Å². The highest BCUT2D eigenvalue weighted by atomic mass is 32.2. The molecule has 0 aliphatic carbocycles. The maximum absolute atomic E-state index is 11.6. The molecule has 0 bridgehead atoms. The third-order valence-corrected chi connectivity index (χ3v) is 4.00. The van der Waals surface area contributed by atoms with Gasteiger partial charge in [-0.25, -0.2) is 14.3 Å². The molecule has 0 aromatic carbocycles. The van der Waals surface area contributed by atoms with Gasteiger partial charge in [0.2, 0.25) is 11.1 Å². The average molecular weight is 322 g/mol. The zero-order valence-corrected chi connectivity index (χ0v) is 13.7. The Labute approximate surface area is 132 Å². The smallest absolute Gasteiger partial charge is 0.321 e. The summed E-state index contributed by atoms with van der Waals surface area (Å²) in [6, 6.07) is -0.500. The van der Waals surface area contributed by atoms with Gasteiger partial charge in [0, 0.05) is 17.9 Å². The van der Waals surface area contributed by atoms with Crippen LogP contribution < -0.4 is 10.6 Å². The maximum Gasteiger partial charge on any atom is 0.321 e.